The van der Waals surface area contributed by atoms with E-state index in [1.165, 1.54) is 11.0 Å². The molecule has 0 fully saturated rings. The molecule has 1 rings (SSSR count). The maximum atomic E-state index is 6.42. The molecule has 0 radical (unpaired) electrons. The van der Waals surface area contributed by atoms with Crippen LogP contribution < -0.4 is 10.2 Å². The van der Waals surface area contributed by atoms with E-state index in [9.17, 15) is 0 Å². The Labute approximate surface area is 168 Å². The van der Waals surface area contributed by atoms with Crippen LogP contribution in [0.1, 0.15) is 34.6 Å². The second-order valence-corrected chi connectivity index (χ2v) is 27.0. The van der Waals surface area contributed by atoms with E-state index in [0.29, 0.717) is 42.0 Å². The van der Waals surface area contributed by atoms with Crippen LogP contribution in [0.4, 0.5) is 5.69 Å². The minimum atomic E-state index is -1.75. The molecule has 0 heterocycles. The van der Waals surface area contributed by atoms with Crippen molar-refractivity contribution in [1.29, 1.82) is 0 Å². The van der Waals surface area contributed by atoms with Gasteiger partial charge in [-0.2, -0.15) is 0 Å². The molecule has 0 aliphatic carbocycles. The topological polar surface area (TPSA) is 3.24 Å². The summed E-state index contributed by atoms with van der Waals surface area (Å²) in [6, 6.07) is 9.10. The Hall–Kier alpha value is 1.50. The van der Waals surface area contributed by atoms with E-state index >= 15 is 0 Å². The van der Waals surface area contributed by atoms with E-state index < -0.39 is 1.45 Å². The van der Waals surface area contributed by atoms with Crippen molar-refractivity contribution in [2.45, 2.75) is 49.8 Å². The number of rotatable bonds is 4. The van der Waals surface area contributed by atoms with Gasteiger partial charge in [0.15, 0.2) is 0 Å². The van der Waals surface area contributed by atoms with Crippen molar-refractivity contribution in [3.05, 3.63) is 24.3 Å². The second-order valence-electron chi connectivity index (χ2n) is 7.62. The van der Waals surface area contributed by atoms with Crippen molar-refractivity contribution in [2.24, 2.45) is 0 Å². The molecule has 0 aliphatic rings. The Kier molecular flexibility index (Phi) is 7.01. The zero-order valence-electron chi connectivity index (χ0n) is 14.3. The molecule has 1 aromatic rings. The number of anilines is 1. The van der Waals surface area contributed by atoms with Crippen LogP contribution in [0.5, 0.6) is 0 Å². The van der Waals surface area contributed by atoms with Gasteiger partial charge in [0.2, 0.25) is 0 Å². The monoisotopic (exact) mass is 560 g/mol. The minimum absolute atomic E-state index is 0.0241. The van der Waals surface area contributed by atoms with E-state index in [-0.39, 0.29) is 15.1 Å². The Morgan fingerprint density at radius 1 is 1.00 bits per heavy atom. The standard InChI is InChI=1S/C16H26Cl2NP.Ra/c1-15(2,3)20(16(4,5)14(17)18)13-10-8-12(9-11-13)19(6)7;/h8-11,14H,1-7H3;/p+1. The molecule has 0 saturated heterocycles. The molecule has 5 heteroatoms. The molecule has 0 aliphatic heterocycles. The molecule has 0 unspecified atom stereocenters. The summed E-state index contributed by atoms with van der Waals surface area (Å²) in [5.41, 5.74) is 1.24. The van der Waals surface area contributed by atoms with Crippen LogP contribution in [-0.4, -0.2) is 29.2 Å². The fourth-order valence-electron chi connectivity index (χ4n) is 3.00. The third-order valence-corrected chi connectivity index (χ3v) is 42.0. The number of halogens is 2. The van der Waals surface area contributed by atoms with E-state index in [4.69, 9.17) is 23.2 Å². The summed E-state index contributed by atoms with van der Waals surface area (Å²) in [5, 5.41) is 1.74. The van der Waals surface area contributed by atoms with Crippen LogP contribution in [0.3, 0.4) is 0 Å². The van der Waals surface area contributed by atoms with Gasteiger partial charge in [-0.1, -0.05) is 0 Å². The van der Waals surface area contributed by atoms with Crippen molar-refractivity contribution < 1.29 is 42.0 Å². The molecule has 21 heavy (non-hydrogen) atoms. The molecule has 0 bridgehead atoms. The van der Waals surface area contributed by atoms with Crippen LogP contribution >= 0.6 is 24.6 Å². The summed E-state index contributed by atoms with van der Waals surface area (Å²) >= 11 is 13.3. The quantitative estimate of drug-likeness (QED) is 0.371. The van der Waals surface area contributed by atoms with Gasteiger partial charge in [-0.15, -0.1) is 0 Å². The zero-order valence-corrected chi connectivity index (χ0v) is 22.6. The average molecular weight is 561 g/mol. The van der Waals surface area contributed by atoms with Crippen molar-refractivity contribution in [2.75, 3.05) is 19.0 Å². The first kappa shape index (κ1) is 20.5. The summed E-state index contributed by atoms with van der Waals surface area (Å²) in [5.74, 6) is 0. The fraction of sp³-hybridized carbons (Fsp3) is 0.625. The van der Waals surface area contributed by atoms with Crippen LogP contribution in [0.2, 0.25) is 0 Å². The Morgan fingerprint density at radius 3 is 1.71 bits per heavy atom. The predicted molar refractivity (Wildman–Crippen MR) is 98.0 cm³/mol. The van der Waals surface area contributed by atoms with Crippen molar-refractivity contribution in [3.63, 3.8) is 0 Å². The van der Waals surface area contributed by atoms with Crippen LogP contribution in [0, 0.1) is 42.0 Å². The normalized spacial score (nSPS) is 14.5. The van der Waals surface area contributed by atoms with Gasteiger partial charge in [0.1, 0.15) is 0 Å². The number of hydrogen-bond acceptors (Lipinski definition) is 1. The first-order valence-electron chi connectivity index (χ1n) is 7.27. The third kappa shape index (κ3) is 3.95. The van der Waals surface area contributed by atoms with E-state index in [1.807, 2.05) is 0 Å². The molecule has 0 N–H and O–H groups in total. The van der Waals surface area contributed by atoms with E-state index in [2.05, 4.69) is 77.9 Å². The Bertz CT molecular complexity index is 480. The molecule has 1 nitrogen and oxygen atoms in total. The Morgan fingerprint density at radius 2 is 1.43 bits per heavy atom. The van der Waals surface area contributed by atoms with Gasteiger partial charge in [-0.05, 0) is 0 Å². The molecule has 0 saturated carbocycles. The predicted octanol–water partition coefficient (Wildman–Crippen LogP) is 4.97. The van der Waals surface area contributed by atoms with Gasteiger partial charge in [0.25, 0.3) is 0 Å². The molecule has 1 aromatic carbocycles. The molecule has 116 valence electrons. The van der Waals surface area contributed by atoms with Crippen LogP contribution in [-0.2, 0) is 0 Å². The molecular formula is C16H27Cl2NPRa+. The Balaban J connectivity index is 3.46. The fourth-order valence-corrected chi connectivity index (χ4v) is 17.4. The van der Waals surface area contributed by atoms with Gasteiger partial charge in [-0.25, -0.2) is 0 Å². The first-order chi connectivity index (χ1) is 9.35. The zero-order chi connectivity index (χ0) is 16.6. The van der Waals surface area contributed by atoms with E-state index in [0.717, 1.165) is 0 Å². The third-order valence-electron chi connectivity index (χ3n) is 4.80. The van der Waals surface area contributed by atoms with Gasteiger partial charge in [0, 0.05) is 0 Å². The number of alkyl halides is 2. The average Bonchev–Trinajstić information content (AvgIpc) is 2.36. The number of nitrogens with zero attached hydrogens (tertiary/aromatic N) is 1. The SMILES string of the molecule is CN(C)c1ccc([PH]([Ra+])(C(C)(C)C)C(C)(C)C(Cl)Cl)cc1. The molecule has 0 amide bonds. The molecule has 0 spiro atoms. The van der Waals surface area contributed by atoms with E-state index in [1.54, 1.807) is 0 Å². The van der Waals surface area contributed by atoms with Crippen molar-refractivity contribution >= 4 is 35.6 Å². The van der Waals surface area contributed by atoms with Gasteiger partial charge in [0.05, 0.1) is 0 Å². The summed E-state index contributed by atoms with van der Waals surface area (Å²) in [7, 11) is 4.15. The van der Waals surface area contributed by atoms with Crippen molar-refractivity contribution in [1.82, 2.24) is 0 Å². The summed E-state index contributed by atoms with van der Waals surface area (Å²) < 4.78 is -1.75. The van der Waals surface area contributed by atoms with Crippen LogP contribution in [0.15, 0.2) is 24.3 Å². The van der Waals surface area contributed by atoms with Gasteiger partial charge >= 0.3 is 171 Å². The summed E-state index contributed by atoms with van der Waals surface area (Å²) in [6.07, 6.45) is 0. The second kappa shape index (κ2) is 7.17. The summed E-state index contributed by atoms with van der Waals surface area (Å²) in [6.45, 7) is 11.6. The number of hydrogen-bond donors (Lipinski definition) is 0. The first-order valence-corrected chi connectivity index (χ1v) is 19.1. The molecule has 0 atom stereocenters. The summed E-state index contributed by atoms with van der Waals surface area (Å²) in [4.78, 5) is 1.82. The van der Waals surface area contributed by atoms with Crippen LogP contribution in [0.25, 0.3) is 0 Å². The molecule has 0 aromatic heterocycles. The number of benzene rings is 1. The van der Waals surface area contributed by atoms with Crippen molar-refractivity contribution in [3.8, 4) is 0 Å². The van der Waals surface area contributed by atoms with Gasteiger partial charge < -0.3 is 0 Å². The molecular weight excluding hydrogens is 534 g/mol. The van der Waals surface area contributed by atoms with Gasteiger partial charge in [-0.3, -0.25) is 0 Å². The maximum absolute atomic E-state index is 6.42.